The summed E-state index contributed by atoms with van der Waals surface area (Å²) in [5, 5.41) is 3.59. The van der Waals surface area contributed by atoms with E-state index in [-0.39, 0.29) is 6.03 Å². The van der Waals surface area contributed by atoms with Crippen LogP contribution >= 0.6 is 27.5 Å². The quantitative estimate of drug-likeness (QED) is 0.792. The molecule has 1 heterocycles. The Bertz CT molecular complexity index is 708. The van der Waals surface area contributed by atoms with Crippen LogP contribution in [0.2, 0.25) is 5.02 Å². The fourth-order valence-corrected chi connectivity index (χ4v) is 3.36. The van der Waals surface area contributed by atoms with Crippen molar-refractivity contribution in [2.45, 2.75) is 13.0 Å². The molecule has 2 aromatic rings. The lowest BCUT2D eigenvalue weighted by Crippen LogP contribution is -2.48. The van der Waals surface area contributed by atoms with Crippen molar-refractivity contribution < 1.29 is 4.79 Å². The van der Waals surface area contributed by atoms with Crippen LogP contribution in [0.4, 0.5) is 10.5 Å². The second kappa shape index (κ2) is 8.01. The first-order valence-electron chi connectivity index (χ1n) is 7.88. The molecular weight excluding hydrogens is 390 g/mol. The molecule has 0 radical (unpaired) electrons. The van der Waals surface area contributed by atoms with Crippen molar-refractivity contribution in [3.63, 3.8) is 0 Å². The third-order valence-corrected chi connectivity index (χ3v) is 4.70. The molecule has 2 amide bonds. The molecule has 1 saturated heterocycles. The average molecular weight is 409 g/mol. The summed E-state index contributed by atoms with van der Waals surface area (Å²) in [6.07, 6.45) is 0.974. The Balaban J connectivity index is 1.58. The average Bonchev–Trinajstić information content (AvgIpc) is 2.57. The highest BCUT2D eigenvalue weighted by molar-refractivity contribution is 9.10. The van der Waals surface area contributed by atoms with E-state index in [1.165, 1.54) is 5.56 Å². The van der Waals surface area contributed by atoms with E-state index < -0.39 is 0 Å². The monoisotopic (exact) mass is 407 g/mol. The van der Waals surface area contributed by atoms with Crippen LogP contribution in [-0.2, 0) is 6.54 Å². The van der Waals surface area contributed by atoms with Gasteiger partial charge in [0.25, 0.3) is 0 Å². The minimum absolute atomic E-state index is 0.0729. The van der Waals surface area contributed by atoms with Crippen molar-refractivity contribution in [3.8, 4) is 0 Å². The van der Waals surface area contributed by atoms with E-state index in [0.717, 1.165) is 36.2 Å². The minimum atomic E-state index is -0.0729. The number of nitrogens with zero attached hydrogens (tertiary/aromatic N) is 2. The van der Waals surface area contributed by atoms with Gasteiger partial charge in [-0.2, -0.15) is 0 Å². The van der Waals surface area contributed by atoms with Gasteiger partial charge in [-0.15, -0.1) is 0 Å². The van der Waals surface area contributed by atoms with Gasteiger partial charge < -0.3 is 10.2 Å². The molecule has 2 aromatic carbocycles. The Morgan fingerprint density at radius 2 is 1.96 bits per heavy atom. The number of hydrogen-bond donors (Lipinski definition) is 1. The Morgan fingerprint density at radius 3 is 2.71 bits per heavy atom. The lowest BCUT2D eigenvalue weighted by Gasteiger charge is -2.35. The summed E-state index contributed by atoms with van der Waals surface area (Å²) in [6, 6.07) is 15.4. The SMILES string of the molecule is O=C(Nc1ccc(Cl)cc1)N1CCCN(Cc2cccc(Br)c2)C1. The van der Waals surface area contributed by atoms with Gasteiger partial charge in [0.05, 0.1) is 6.67 Å². The smallest absolute Gasteiger partial charge is 0.311 e. The van der Waals surface area contributed by atoms with Crippen LogP contribution in [0, 0.1) is 0 Å². The molecule has 24 heavy (non-hydrogen) atoms. The van der Waals surface area contributed by atoms with Crippen LogP contribution in [0.15, 0.2) is 53.0 Å². The minimum Gasteiger partial charge on any atom is -0.311 e. The molecule has 0 aromatic heterocycles. The zero-order chi connectivity index (χ0) is 16.9. The Kier molecular flexibility index (Phi) is 5.76. The molecule has 0 aliphatic carbocycles. The fourth-order valence-electron chi connectivity index (χ4n) is 2.79. The highest BCUT2D eigenvalue weighted by atomic mass is 79.9. The number of carbonyl (C=O) groups is 1. The first kappa shape index (κ1) is 17.3. The molecule has 1 aliphatic heterocycles. The maximum Gasteiger partial charge on any atom is 0.322 e. The van der Waals surface area contributed by atoms with Crippen molar-refractivity contribution in [1.82, 2.24) is 9.80 Å². The van der Waals surface area contributed by atoms with Crippen LogP contribution < -0.4 is 5.32 Å². The topological polar surface area (TPSA) is 35.6 Å². The molecule has 1 aliphatic rings. The van der Waals surface area contributed by atoms with Gasteiger partial charge in [-0.1, -0.05) is 39.7 Å². The predicted octanol–water partition coefficient (Wildman–Crippen LogP) is 4.80. The summed E-state index contributed by atoms with van der Waals surface area (Å²) >= 11 is 9.37. The Hall–Kier alpha value is -1.56. The van der Waals surface area contributed by atoms with E-state index in [1.807, 2.05) is 29.2 Å². The zero-order valence-corrected chi connectivity index (χ0v) is 15.6. The van der Waals surface area contributed by atoms with Crippen molar-refractivity contribution >= 4 is 39.2 Å². The van der Waals surface area contributed by atoms with E-state index in [1.54, 1.807) is 12.1 Å². The van der Waals surface area contributed by atoms with Crippen molar-refractivity contribution in [3.05, 3.63) is 63.6 Å². The van der Waals surface area contributed by atoms with Crippen LogP contribution in [0.25, 0.3) is 0 Å². The first-order chi connectivity index (χ1) is 11.6. The maximum absolute atomic E-state index is 12.5. The summed E-state index contributed by atoms with van der Waals surface area (Å²) in [5.74, 6) is 0. The van der Waals surface area contributed by atoms with Crippen LogP contribution in [0.5, 0.6) is 0 Å². The summed E-state index contributed by atoms with van der Waals surface area (Å²) in [6.45, 7) is 3.24. The van der Waals surface area contributed by atoms with Gasteiger partial charge in [0.1, 0.15) is 0 Å². The fraction of sp³-hybridized carbons (Fsp3) is 0.278. The van der Waals surface area contributed by atoms with Crippen LogP contribution in [-0.4, -0.2) is 35.6 Å². The van der Waals surface area contributed by atoms with Gasteiger partial charge in [-0.3, -0.25) is 4.90 Å². The lowest BCUT2D eigenvalue weighted by molar-refractivity contribution is 0.105. The highest BCUT2D eigenvalue weighted by Gasteiger charge is 2.21. The third kappa shape index (κ3) is 4.72. The number of halogens is 2. The number of benzene rings is 2. The molecule has 3 rings (SSSR count). The van der Waals surface area contributed by atoms with Crippen molar-refractivity contribution in [2.24, 2.45) is 0 Å². The molecule has 4 nitrogen and oxygen atoms in total. The maximum atomic E-state index is 12.5. The van der Waals surface area contributed by atoms with E-state index in [4.69, 9.17) is 11.6 Å². The summed E-state index contributed by atoms with van der Waals surface area (Å²) < 4.78 is 1.08. The number of carbonyl (C=O) groups excluding carboxylic acids is 1. The third-order valence-electron chi connectivity index (χ3n) is 3.95. The van der Waals surface area contributed by atoms with E-state index in [9.17, 15) is 4.79 Å². The number of amides is 2. The summed E-state index contributed by atoms with van der Waals surface area (Å²) in [5.41, 5.74) is 2.00. The normalized spacial score (nSPS) is 15.3. The molecule has 1 fully saturated rings. The second-order valence-electron chi connectivity index (χ2n) is 5.88. The molecular formula is C18H19BrClN3O. The van der Waals surface area contributed by atoms with Gasteiger partial charge in [-0.25, -0.2) is 4.79 Å². The van der Waals surface area contributed by atoms with Gasteiger partial charge in [0.2, 0.25) is 0 Å². The lowest BCUT2D eigenvalue weighted by atomic mass is 10.2. The number of urea groups is 1. The molecule has 0 saturated carbocycles. The molecule has 0 unspecified atom stereocenters. The second-order valence-corrected chi connectivity index (χ2v) is 7.23. The van der Waals surface area contributed by atoms with Crippen LogP contribution in [0.3, 0.4) is 0 Å². The van der Waals surface area contributed by atoms with Crippen molar-refractivity contribution in [2.75, 3.05) is 25.1 Å². The van der Waals surface area contributed by atoms with Gasteiger partial charge >= 0.3 is 6.03 Å². The van der Waals surface area contributed by atoms with E-state index >= 15 is 0 Å². The molecule has 0 spiro atoms. The van der Waals surface area contributed by atoms with Gasteiger partial charge in [0, 0.05) is 34.8 Å². The largest absolute Gasteiger partial charge is 0.322 e. The molecule has 126 valence electrons. The van der Waals surface area contributed by atoms with E-state index in [2.05, 4.69) is 38.3 Å². The summed E-state index contributed by atoms with van der Waals surface area (Å²) in [4.78, 5) is 16.6. The highest BCUT2D eigenvalue weighted by Crippen LogP contribution is 2.17. The molecule has 6 heteroatoms. The first-order valence-corrected chi connectivity index (χ1v) is 9.05. The van der Waals surface area contributed by atoms with Crippen LogP contribution in [0.1, 0.15) is 12.0 Å². The molecule has 0 atom stereocenters. The summed E-state index contributed by atoms with van der Waals surface area (Å²) in [7, 11) is 0. The zero-order valence-electron chi connectivity index (χ0n) is 13.2. The van der Waals surface area contributed by atoms with Gasteiger partial charge in [-0.05, 0) is 48.4 Å². The predicted molar refractivity (Wildman–Crippen MR) is 101 cm³/mol. The molecule has 1 N–H and O–H groups in total. The van der Waals surface area contributed by atoms with E-state index in [0.29, 0.717) is 11.7 Å². The van der Waals surface area contributed by atoms with Gasteiger partial charge in [0.15, 0.2) is 0 Å². The molecule has 0 bridgehead atoms. The number of hydrogen-bond acceptors (Lipinski definition) is 2. The standard InChI is InChI=1S/C18H19BrClN3O/c19-15-4-1-3-14(11-15)12-22-9-2-10-23(13-22)18(24)21-17-7-5-16(20)6-8-17/h1,3-8,11H,2,9-10,12-13H2,(H,21,24). The number of nitrogens with one attached hydrogen (secondary N) is 1. The Labute approximate surface area is 155 Å². The number of rotatable bonds is 3. The van der Waals surface area contributed by atoms with Crippen molar-refractivity contribution in [1.29, 1.82) is 0 Å². The Morgan fingerprint density at radius 1 is 1.17 bits per heavy atom. The number of anilines is 1.